The Morgan fingerprint density at radius 1 is 1.13 bits per heavy atom. The van der Waals surface area contributed by atoms with Crippen molar-refractivity contribution in [1.82, 2.24) is 4.90 Å². The molecule has 1 aromatic carbocycles. The lowest BCUT2D eigenvalue weighted by Crippen LogP contribution is -2.50. The van der Waals surface area contributed by atoms with Crippen molar-refractivity contribution in [1.29, 1.82) is 0 Å². The van der Waals surface area contributed by atoms with E-state index in [2.05, 4.69) is 19.1 Å². The summed E-state index contributed by atoms with van der Waals surface area (Å²) in [6.45, 7) is 2.89. The summed E-state index contributed by atoms with van der Waals surface area (Å²) in [5.41, 5.74) is 0.237. The van der Waals surface area contributed by atoms with Crippen LogP contribution in [0, 0.1) is 5.41 Å². The monoisotopic (exact) mass is 315 g/mol. The maximum Gasteiger partial charge on any atom is 0.310 e. The summed E-state index contributed by atoms with van der Waals surface area (Å²) >= 11 is 0. The molecule has 1 saturated heterocycles. The standard InChI is InChI=1S/C19H25NO3/c1-18(13-15-7-3-2-4-8-15)9-6-12-20(18)16(21)14-19(17(22)23)10-5-11-19/h2-4,7-8H,5-6,9-14H2,1H3,(H,22,23). The molecular formula is C19H25NO3. The molecule has 1 aliphatic heterocycles. The fourth-order valence-electron chi connectivity index (χ4n) is 4.12. The molecule has 2 aliphatic rings. The van der Waals surface area contributed by atoms with Gasteiger partial charge in [-0.1, -0.05) is 36.8 Å². The van der Waals surface area contributed by atoms with Crippen LogP contribution in [-0.4, -0.2) is 34.0 Å². The Bertz CT molecular complexity index is 594. The third kappa shape index (κ3) is 2.99. The van der Waals surface area contributed by atoms with E-state index < -0.39 is 11.4 Å². The molecule has 1 N–H and O–H groups in total. The van der Waals surface area contributed by atoms with Gasteiger partial charge < -0.3 is 10.0 Å². The molecule has 0 radical (unpaired) electrons. The van der Waals surface area contributed by atoms with Crippen molar-refractivity contribution in [2.45, 2.75) is 57.4 Å². The summed E-state index contributed by atoms with van der Waals surface area (Å²) < 4.78 is 0. The maximum absolute atomic E-state index is 12.8. The lowest BCUT2D eigenvalue weighted by molar-refractivity contribution is -0.160. The molecule has 1 amide bonds. The van der Waals surface area contributed by atoms with Gasteiger partial charge >= 0.3 is 5.97 Å². The van der Waals surface area contributed by atoms with E-state index in [9.17, 15) is 14.7 Å². The van der Waals surface area contributed by atoms with E-state index in [1.165, 1.54) is 5.56 Å². The van der Waals surface area contributed by atoms with Crippen LogP contribution in [-0.2, 0) is 16.0 Å². The molecule has 1 unspecified atom stereocenters. The number of benzene rings is 1. The Balaban J connectivity index is 1.73. The van der Waals surface area contributed by atoms with Gasteiger partial charge in [-0.25, -0.2) is 0 Å². The highest BCUT2D eigenvalue weighted by molar-refractivity contribution is 5.86. The van der Waals surface area contributed by atoms with Crippen molar-refractivity contribution >= 4 is 11.9 Å². The van der Waals surface area contributed by atoms with Gasteiger partial charge in [0.05, 0.1) is 5.41 Å². The Kier molecular flexibility index (Phi) is 4.17. The Labute approximate surface area is 137 Å². The molecule has 1 aliphatic carbocycles. The van der Waals surface area contributed by atoms with E-state index in [-0.39, 0.29) is 17.9 Å². The number of carboxylic acid groups (broad SMARTS) is 1. The van der Waals surface area contributed by atoms with Crippen LogP contribution >= 0.6 is 0 Å². The summed E-state index contributed by atoms with van der Waals surface area (Å²) in [4.78, 5) is 26.3. The predicted molar refractivity (Wildman–Crippen MR) is 88.0 cm³/mol. The average Bonchev–Trinajstić information content (AvgIpc) is 2.85. The molecule has 0 aromatic heterocycles. The Morgan fingerprint density at radius 3 is 2.39 bits per heavy atom. The number of rotatable bonds is 5. The van der Waals surface area contributed by atoms with Crippen molar-refractivity contribution in [2.24, 2.45) is 5.41 Å². The first-order chi connectivity index (χ1) is 11.0. The number of aliphatic carboxylic acids is 1. The van der Waals surface area contributed by atoms with Gasteiger partial charge in [0.25, 0.3) is 0 Å². The van der Waals surface area contributed by atoms with E-state index in [1.807, 2.05) is 23.1 Å². The van der Waals surface area contributed by atoms with Crippen LogP contribution in [0.25, 0.3) is 0 Å². The summed E-state index contributed by atoms with van der Waals surface area (Å²) in [6.07, 6.45) is 5.16. The van der Waals surface area contributed by atoms with Crippen molar-refractivity contribution in [3.63, 3.8) is 0 Å². The molecule has 4 heteroatoms. The van der Waals surface area contributed by atoms with E-state index in [0.717, 1.165) is 32.2 Å². The van der Waals surface area contributed by atoms with Crippen LogP contribution in [0.15, 0.2) is 30.3 Å². The fraction of sp³-hybridized carbons (Fsp3) is 0.579. The van der Waals surface area contributed by atoms with Gasteiger partial charge in [0.2, 0.25) is 5.91 Å². The molecule has 23 heavy (non-hydrogen) atoms. The van der Waals surface area contributed by atoms with Crippen molar-refractivity contribution in [3.05, 3.63) is 35.9 Å². The van der Waals surface area contributed by atoms with E-state index in [1.54, 1.807) is 0 Å². The highest BCUT2D eigenvalue weighted by atomic mass is 16.4. The molecule has 0 spiro atoms. The number of carboxylic acids is 1. The van der Waals surface area contributed by atoms with E-state index in [0.29, 0.717) is 12.8 Å². The highest BCUT2D eigenvalue weighted by Gasteiger charge is 2.49. The molecule has 3 rings (SSSR count). The number of likely N-dealkylation sites (tertiary alicyclic amines) is 1. The predicted octanol–water partition coefficient (Wildman–Crippen LogP) is 3.26. The lowest BCUT2D eigenvalue weighted by Gasteiger charge is -2.41. The van der Waals surface area contributed by atoms with Crippen LogP contribution in [0.3, 0.4) is 0 Å². The van der Waals surface area contributed by atoms with Gasteiger partial charge in [0.15, 0.2) is 0 Å². The van der Waals surface area contributed by atoms with E-state index >= 15 is 0 Å². The van der Waals surface area contributed by atoms with Gasteiger partial charge in [-0.3, -0.25) is 9.59 Å². The lowest BCUT2D eigenvalue weighted by atomic mass is 9.66. The average molecular weight is 315 g/mol. The van der Waals surface area contributed by atoms with Gasteiger partial charge in [-0.2, -0.15) is 0 Å². The second kappa shape index (κ2) is 5.99. The SMILES string of the molecule is CC1(Cc2ccccc2)CCCN1C(=O)CC1(C(=O)O)CCC1. The molecule has 1 atom stereocenters. The molecule has 0 bridgehead atoms. The van der Waals surface area contributed by atoms with Crippen LogP contribution in [0.2, 0.25) is 0 Å². The summed E-state index contributed by atoms with van der Waals surface area (Å²) in [5.74, 6) is -0.788. The Hall–Kier alpha value is -1.84. The normalized spacial score (nSPS) is 25.9. The molecule has 1 saturated carbocycles. The van der Waals surface area contributed by atoms with Crippen LogP contribution in [0.4, 0.5) is 0 Å². The summed E-state index contributed by atoms with van der Waals surface area (Å²) in [5, 5.41) is 9.47. The molecule has 1 aromatic rings. The van der Waals surface area contributed by atoms with Gasteiger partial charge in [-0.15, -0.1) is 0 Å². The van der Waals surface area contributed by atoms with Gasteiger partial charge in [0.1, 0.15) is 0 Å². The quantitative estimate of drug-likeness (QED) is 0.907. The zero-order valence-corrected chi connectivity index (χ0v) is 13.8. The second-order valence-corrected chi connectivity index (χ2v) is 7.42. The summed E-state index contributed by atoms with van der Waals surface area (Å²) in [7, 11) is 0. The number of carbonyl (C=O) groups is 2. The molecule has 2 fully saturated rings. The van der Waals surface area contributed by atoms with Crippen LogP contribution in [0.1, 0.15) is 51.0 Å². The smallest absolute Gasteiger partial charge is 0.310 e. The van der Waals surface area contributed by atoms with Crippen LogP contribution in [0.5, 0.6) is 0 Å². The zero-order valence-electron chi connectivity index (χ0n) is 13.8. The molecular weight excluding hydrogens is 290 g/mol. The minimum absolute atomic E-state index is 0.0167. The molecule has 1 heterocycles. The minimum Gasteiger partial charge on any atom is -0.481 e. The number of hydrogen-bond donors (Lipinski definition) is 1. The summed E-state index contributed by atoms with van der Waals surface area (Å²) in [6, 6.07) is 10.2. The number of carbonyl (C=O) groups excluding carboxylic acids is 1. The first-order valence-corrected chi connectivity index (χ1v) is 8.53. The molecule has 4 nitrogen and oxygen atoms in total. The van der Waals surface area contributed by atoms with Gasteiger partial charge in [-0.05, 0) is 44.6 Å². The fourth-order valence-corrected chi connectivity index (χ4v) is 4.12. The second-order valence-electron chi connectivity index (χ2n) is 7.42. The maximum atomic E-state index is 12.8. The largest absolute Gasteiger partial charge is 0.481 e. The number of amides is 1. The van der Waals surface area contributed by atoms with E-state index in [4.69, 9.17) is 0 Å². The third-order valence-corrected chi connectivity index (χ3v) is 5.73. The highest BCUT2D eigenvalue weighted by Crippen LogP contribution is 2.45. The first-order valence-electron chi connectivity index (χ1n) is 8.53. The molecule has 124 valence electrons. The number of hydrogen-bond acceptors (Lipinski definition) is 2. The van der Waals surface area contributed by atoms with Crippen molar-refractivity contribution in [2.75, 3.05) is 6.54 Å². The third-order valence-electron chi connectivity index (χ3n) is 5.73. The van der Waals surface area contributed by atoms with Crippen LogP contribution < -0.4 is 0 Å². The first kappa shape index (κ1) is 16.0. The Morgan fingerprint density at radius 2 is 1.83 bits per heavy atom. The topological polar surface area (TPSA) is 57.6 Å². The van der Waals surface area contributed by atoms with Crippen molar-refractivity contribution < 1.29 is 14.7 Å². The zero-order chi connectivity index (χ0) is 16.5. The number of nitrogens with zero attached hydrogens (tertiary/aromatic N) is 1. The van der Waals surface area contributed by atoms with Crippen molar-refractivity contribution in [3.8, 4) is 0 Å². The van der Waals surface area contributed by atoms with Gasteiger partial charge in [0, 0.05) is 18.5 Å². The minimum atomic E-state index is -0.805.